The van der Waals surface area contributed by atoms with Crippen LogP contribution in [-0.4, -0.2) is 95.2 Å². The van der Waals surface area contributed by atoms with E-state index in [1.807, 2.05) is 19.1 Å². The molecule has 2 amide bonds. The van der Waals surface area contributed by atoms with Crippen LogP contribution in [0.5, 0.6) is 0 Å². The third-order valence-corrected chi connectivity index (χ3v) is 11.5. The van der Waals surface area contributed by atoms with Crippen molar-refractivity contribution >= 4 is 60.5 Å². The number of hydrogen-bond acceptors (Lipinski definition) is 7. The van der Waals surface area contributed by atoms with Crippen LogP contribution in [0.1, 0.15) is 31.4 Å². The van der Waals surface area contributed by atoms with Crippen molar-refractivity contribution in [1.82, 2.24) is 14.8 Å². The highest BCUT2D eigenvalue weighted by atomic mass is 35.5. The van der Waals surface area contributed by atoms with E-state index in [1.54, 1.807) is 52.4 Å². The molecule has 0 radical (unpaired) electrons. The zero-order valence-electron chi connectivity index (χ0n) is 24.3. The van der Waals surface area contributed by atoms with Crippen LogP contribution >= 0.6 is 11.6 Å². The monoisotopic (exact) mass is 644 g/mol. The fourth-order valence-electron chi connectivity index (χ4n) is 5.81. The Kier molecular flexibility index (Phi) is 10.0. The number of nitrogens with zero attached hydrogens (tertiary/aromatic N) is 4. The van der Waals surface area contributed by atoms with Gasteiger partial charge in [0, 0.05) is 96.5 Å². The minimum atomic E-state index is -3.72. The number of aromatic nitrogens is 1. The molecule has 230 valence electrons. The van der Waals surface area contributed by atoms with E-state index in [0.717, 1.165) is 35.2 Å². The first kappa shape index (κ1) is 31.4. The number of halogens is 1. The first-order valence-corrected chi connectivity index (χ1v) is 18.1. The van der Waals surface area contributed by atoms with E-state index in [1.165, 1.54) is 0 Å². The van der Waals surface area contributed by atoms with Crippen LogP contribution in [0.25, 0.3) is 10.8 Å². The number of carbonyl (C=O) groups is 2. The molecule has 0 bridgehead atoms. The van der Waals surface area contributed by atoms with Gasteiger partial charge in [-0.3, -0.25) is 18.8 Å². The summed E-state index contributed by atoms with van der Waals surface area (Å²) in [6, 6.07) is 14.1. The third kappa shape index (κ3) is 7.93. The summed E-state index contributed by atoms with van der Waals surface area (Å²) in [6.07, 6.45) is 3.21. The maximum Gasteiger partial charge on any atom is 0.224 e. The van der Waals surface area contributed by atoms with E-state index in [0.29, 0.717) is 42.5 Å². The average molecular weight is 645 g/mol. The van der Waals surface area contributed by atoms with Crippen LogP contribution in [0.2, 0.25) is 5.02 Å². The minimum absolute atomic E-state index is 0.0666. The summed E-state index contributed by atoms with van der Waals surface area (Å²) < 4.78 is 38.3. The SMILES string of the molecule is Cc1cc(N2CCC(N(CCC(=O)N3CCS(=O)CC3)C(=O)CCS(=O)(=O)c3ccc4cc(Cl)ccc4c3)CC2)ccn1. The van der Waals surface area contributed by atoms with Gasteiger partial charge in [0.1, 0.15) is 0 Å². The average Bonchev–Trinajstić information content (AvgIpc) is 3.00. The van der Waals surface area contributed by atoms with Gasteiger partial charge in [-0.05, 0) is 66.9 Å². The van der Waals surface area contributed by atoms with E-state index in [2.05, 4.69) is 9.88 Å². The number of anilines is 1. The summed E-state index contributed by atoms with van der Waals surface area (Å²) in [4.78, 5) is 36.8. The largest absolute Gasteiger partial charge is 0.371 e. The summed E-state index contributed by atoms with van der Waals surface area (Å²) in [5.41, 5.74) is 2.03. The number of sulfone groups is 1. The molecule has 0 unspecified atom stereocenters. The fourth-order valence-corrected chi connectivity index (χ4v) is 8.30. The second kappa shape index (κ2) is 13.7. The Balaban J connectivity index is 1.26. The molecule has 9 nitrogen and oxygen atoms in total. The normalized spacial score (nSPS) is 16.9. The lowest BCUT2D eigenvalue weighted by molar-refractivity contribution is -0.136. The Morgan fingerprint density at radius 1 is 0.977 bits per heavy atom. The van der Waals surface area contributed by atoms with Crippen molar-refractivity contribution in [3.8, 4) is 0 Å². The molecule has 12 heteroatoms. The van der Waals surface area contributed by atoms with E-state index in [4.69, 9.17) is 11.6 Å². The Bertz CT molecular complexity index is 1620. The molecule has 3 heterocycles. The van der Waals surface area contributed by atoms with Crippen molar-refractivity contribution in [3.05, 3.63) is 65.4 Å². The molecule has 2 fully saturated rings. The quantitative estimate of drug-likeness (QED) is 0.348. The van der Waals surface area contributed by atoms with E-state index in [-0.39, 0.29) is 47.9 Å². The lowest BCUT2D eigenvalue weighted by Gasteiger charge is -2.40. The molecule has 43 heavy (non-hydrogen) atoms. The number of aryl methyl sites for hydroxylation is 1. The smallest absolute Gasteiger partial charge is 0.224 e. The molecule has 0 spiro atoms. The van der Waals surface area contributed by atoms with Gasteiger partial charge in [-0.1, -0.05) is 23.7 Å². The molecule has 2 aliphatic heterocycles. The molecule has 5 rings (SSSR count). The standard InChI is InChI=1S/C31H37ClN4O5S2/c1-23-20-28(6-11-33-23)34-12-7-27(8-13-34)36(14-9-30(37)35-15-17-42(39)18-16-35)31(38)10-19-43(40,41)29-5-3-24-21-26(32)4-2-25(24)22-29/h2-6,11,20-22,27H,7-10,12-19H2,1H3. The van der Waals surface area contributed by atoms with Crippen LogP contribution in [0.15, 0.2) is 59.6 Å². The summed E-state index contributed by atoms with van der Waals surface area (Å²) in [5.74, 6) is 0.301. The van der Waals surface area contributed by atoms with Crippen molar-refractivity contribution in [1.29, 1.82) is 0 Å². The van der Waals surface area contributed by atoms with Crippen molar-refractivity contribution < 1.29 is 22.2 Å². The second-order valence-electron chi connectivity index (χ2n) is 11.2. The molecule has 0 saturated carbocycles. The number of hydrogen-bond donors (Lipinski definition) is 0. The molecular formula is C31H37ClN4O5S2. The molecular weight excluding hydrogens is 608 g/mol. The second-order valence-corrected chi connectivity index (χ2v) is 15.4. The van der Waals surface area contributed by atoms with Gasteiger partial charge in [0.15, 0.2) is 9.84 Å². The molecule has 0 aliphatic carbocycles. The maximum atomic E-state index is 13.7. The molecule has 2 aliphatic rings. The molecule has 0 atom stereocenters. The van der Waals surface area contributed by atoms with Gasteiger partial charge < -0.3 is 14.7 Å². The third-order valence-electron chi connectivity index (χ3n) is 8.29. The van der Waals surface area contributed by atoms with Crippen molar-refractivity contribution in [2.75, 3.05) is 54.9 Å². The predicted octanol–water partition coefficient (Wildman–Crippen LogP) is 3.84. The number of amides is 2. The van der Waals surface area contributed by atoms with Crippen LogP contribution in [0.3, 0.4) is 0 Å². The predicted molar refractivity (Wildman–Crippen MR) is 171 cm³/mol. The number of carbonyl (C=O) groups excluding carboxylic acids is 2. The Morgan fingerprint density at radius 2 is 1.67 bits per heavy atom. The Labute approximate surface area is 260 Å². The fraction of sp³-hybridized carbons (Fsp3) is 0.452. The van der Waals surface area contributed by atoms with E-state index >= 15 is 0 Å². The van der Waals surface area contributed by atoms with Gasteiger partial charge in [0.2, 0.25) is 11.8 Å². The van der Waals surface area contributed by atoms with Gasteiger partial charge in [0.25, 0.3) is 0 Å². The van der Waals surface area contributed by atoms with Crippen LogP contribution in [-0.2, 0) is 30.2 Å². The van der Waals surface area contributed by atoms with Crippen molar-refractivity contribution in [2.24, 2.45) is 0 Å². The highest BCUT2D eigenvalue weighted by Crippen LogP contribution is 2.26. The van der Waals surface area contributed by atoms with Gasteiger partial charge in [-0.25, -0.2) is 8.42 Å². The molecule has 2 saturated heterocycles. The highest BCUT2D eigenvalue weighted by Gasteiger charge is 2.30. The van der Waals surface area contributed by atoms with Gasteiger partial charge in [-0.2, -0.15) is 0 Å². The van der Waals surface area contributed by atoms with E-state index < -0.39 is 20.6 Å². The number of rotatable bonds is 9. The zero-order chi connectivity index (χ0) is 30.6. The number of pyridine rings is 1. The first-order chi connectivity index (χ1) is 20.6. The Morgan fingerprint density at radius 3 is 2.40 bits per heavy atom. The topological polar surface area (TPSA) is 108 Å². The maximum absolute atomic E-state index is 13.7. The lowest BCUT2D eigenvalue weighted by atomic mass is 10.0. The van der Waals surface area contributed by atoms with Gasteiger partial charge in [0.05, 0.1) is 10.6 Å². The summed E-state index contributed by atoms with van der Waals surface area (Å²) in [5, 5.41) is 2.17. The summed E-state index contributed by atoms with van der Waals surface area (Å²) in [6.45, 7) is 4.58. The van der Waals surface area contributed by atoms with Crippen molar-refractivity contribution in [2.45, 2.75) is 43.5 Å². The summed E-state index contributed by atoms with van der Waals surface area (Å²) in [7, 11) is -4.61. The lowest BCUT2D eigenvalue weighted by Crippen LogP contribution is -2.49. The molecule has 0 N–H and O–H groups in total. The first-order valence-electron chi connectivity index (χ1n) is 14.6. The Hall–Kier alpha value is -3.02. The number of fused-ring (bicyclic) bond motifs is 1. The molecule has 3 aromatic rings. The minimum Gasteiger partial charge on any atom is -0.371 e. The summed E-state index contributed by atoms with van der Waals surface area (Å²) >= 11 is 6.07. The molecule has 2 aromatic carbocycles. The highest BCUT2D eigenvalue weighted by molar-refractivity contribution is 7.91. The van der Waals surface area contributed by atoms with Gasteiger partial charge >= 0.3 is 0 Å². The van der Waals surface area contributed by atoms with Crippen molar-refractivity contribution in [3.63, 3.8) is 0 Å². The van der Waals surface area contributed by atoms with Crippen LogP contribution in [0, 0.1) is 6.92 Å². The van der Waals surface area contributed by atoms with Gasteiger partial charge in [-0.15, -0.1) is 0 Å². The number of benzene rings is 2. The number of piperidine rings is 1. The van der Waals surface area contributed by atoms with Crippen LogP contribution in [0.4, 0.5) is 5.69 Å². The molecule has 1 aromatic heterocycles. The van der Waals surface area contributed by atoms with E-state index in [9.17, 15) is 22.2 Å². The zero-order valence-corrected chi connectivity index (χ0v) is 26.7. The van der Waals surface area contributed by atoms with Crippen LogP contribution < -0.4 is 4.90 Å².